The van der Waals surface area contributed by atoms with Crippen LogP contribution in [0.15, 0.2) is 61.2 Å². The standard InChI is InChI=1S/C21H24O/c1-4-7-20-16-17(2)10-13-19(20)9-6-5-8-18-11-14-21(22-3)15-12-18/h4-5,8,10-16H,1,6-7,9H2,2-3H3/b8-5+. The maximum absolute atomic E-state index is 5.17. The largest absolute Gasteiger partial charge is 0.497 e. The Morgan fingerprint density at radius 1 is 1.05 bits per heavy atom. The highest BCUT2D eigenvalue weighted by atomic mass is 16.5. The average Bonchev–Trinajstić information content (AvgIpc) is 2.54. The SMILES string of the molecule is C=CCc1cc(C)ccc1CC/C=C/c1ccc(OC)cc1. The third kappa shape index (κ3) is 4.63. The molecule has 0 spiro atoms. The van der Waals surface area contributed by atoms with E-state index in [1.54, 1.807) is 7.11 Å². The second-order valence-corrected chi connectivity index (χ2v) is 5.48. The fourth-order valence-corrected chi connectivity index (χ4v) is 2.52. The van der Waals surface area contributed by atoms with E-state index < -0.39 is 0 Å². The molecule has 0 fully saturated rings. The van der Waals surface area contributed by atoms with E-state index >= 15 is 0 Å². The fourth-order valence-electron chi connectivity index (χ4n) is 2.52. The Kier molecular flexibility index (Phi) is 6.02. The summed E-state index contributed by atoms with van der Waals surface area (Å²) in [6.07, 6.45) is 9.43. The smallest absolute Gasteiger partial charge is 0.118 e. The summed E-state index contributed by atoms with van der Waals surface area (Å²) in [7, 11) is 1.69. The Labute approximate surface area is 134 Å². The molecule has 2 rings (SSSR count). The molecule has 22 heavy (non-hydrogen) atoms. The van der Waals surface area contributed by atoms with E-state index in [1.807, 2.05) is 18.2 Å². The molecule has 1 nitrogen and oxygen atoms in total. The van der Waals surface area contributed by atoms with E-state index in [2.05, 4.69) is 56.0 Å². The van der Waals surface area contributed by atoms with Gasteiger partial charge in [-0.05, 0) is 55.0 Å². The van der Waals surface area contributed by atoms with Crippen molar-refractivity contribution in [1.29, 1.82) is 0 Å². The molecule has 0 radical (unpaired) electrons. The van der Waals surface area contributed by atoms with Gasteiger partial charge in [0, 0.05) is 0 Å². The van der Waals surface area contributed by atoms with E-state index in [-0.39, 0.29) is 0 Å². The molecular formula is C21H24O. The molecule has 0 saturated heterocycles. The molecule has 2 aromatic carbocycles. The first-order valence-electron chi connectivity index (χ1n) is 7.73. The molecule has 114 valence electrons. The van der Waals surface area contributed by atoms with Crippen molar-refractivity contribution in [3.63, 3.8) is 0 Å². The molecule has 0 heterocycles. The van der Waals surface area contributed by atoms with Crippen molar-refractivity contribution in [1.82, 2.24) is 0 Å². The minimum absolute atomic E-state index is 0.894. The van der Waals surface area contributed by atoms with Crippen LogP contribution in [0, 0.1) is 6.92 Å². The van der Waals surface area contributed by atoms with Gasteiger partial charge in [0.25, 0.3) is 0 Å². The van der Waals surface area contributed by atoms with Gasteiger partial charge in [0.15, 0.2) is 0 Å². The van der Waals surface area contributed by atoms with Crippen molar-refractivity contribution in [2.75, 3.05) is 7.11 Å². The van der Waals surface area contributed by atoms with Gasteiger partial charge in [0.1, 0.15) is 5.75 Å². The van der Waals surface area contributed by atoms with Gasteiger partial charge >= 0.3 is 0 Å². The lowest BCUT2D eigenvalue weighted by Crippen LogP contribution is -1.93. The molecule has 0 aliphatic carbocycles. The third-order valence-electron chi connectivity index (χ3n) is 3.73. The van der Waals surface area contributed by atoms with Crippen molar-refractivity contribution in [3.05, 3.63) is 83.4 Å². The summed E-state index contributed by atoms with van der Waals surface area (Å²) in [4.78, 5) is 0. The van der Waals surface area contributed by atoms with E-state index in [4.69, 9.17) is 4.74 Å². The van der Waals surface area contributed by atoms with Gasteiger partial charge < -0.3 is 4.74 Å². The number of ether oxygens (including phenoxy) is 1. The normalized spacial score (nSPS) is 10.8. The first-order valence-corrected chi connectivity index (χ1v) is 7.73. The van der Waals surface area contributed by atoms with Crippen LogP contribution in [-0.2, 0) is 12.8 Å². The van der Waals surface area contributed by atoms with Crippen LogP contribution in [0.3, 0.4) is 0 Å². The topological polar surface area (TPSA) is 9.23 Å². The maximum atomic E-state index is 5.17. The Balaban J connectivity index is 1.95. The number of aryl methyl sites for hydroxylation is 2. The number of hydrogen-bond acceptors (Lipinski definition) is 1. The highest BCUT2D eigenvalue weighted by Crippen LogP contribution is 2.16. The summed E-state index contributed by atoms with van der Waals surface area (Å²) in [5.41, 5.74) is 5.34. The van der Waals surface area contributed by atoms with Gasteiger partial charge in [0.2, 0.25) is 0 Å². The lowest BCUT2D eigenvalue weighted by molar-refractivity contribution is 0.415. The number of allylic oxidation sites excluding steroid dienone is 2. The van der Waals surface area contributed by atoms with Crippen molar-refractivity contribution in [2.45, 2.75) is 26.2 Å². The minimum Gasteiger partial charge on any atom is -0.497 e. The molecule has 1 heteroatoms. The quantitative estimate of drug-likeness (QED) is 0.623. The predicted molar refractivity (Wildman–Crippen MR) is 95.4 cm³/mol. The average molecular weight is 292 g/mol. The highest BCUT2D eigenvalue weighted by Gasteiger charge is 2.00. The number of methoxy groups -OCH3 is 1. The molecule has 0 aromatic heterocycles. The lowest BCUT2D eigenvalue weighted by Gasteiger charge is -2.08. The van der Waals surface area contributed by atoms with Crippen LogP contribution in [0.5, 0.6) is 5.75 Å². The molecule has 0 amide bonds. The Morgan fingerprint density at radius 2 is 1.82 bits per heavy atom. The highest BCUT2D eigenvalue weighted by molar-refractivity contribution is 5.50. The summed E-state index contributed by atoms with van der Waals surface area (Å²) in [5, 5.41) is 0. The number of benzene rings is 2. The zero-order valence-corrected chi connectivity index (χ0v) is 13.5. The first kappa shape index (κ1) is 16.1. The lowest BCUT2D eigenvalue weighted by atomic mass is 9.98. The Morgan fingerprint density at radius 3 is 2.50 bits per heavy atom. The maximum Gasteiger partial charge on any atom is 0.118 e. The van der Waals surface area contributed by atoms with Crippen molar-refractivity contribution < 1.29 is 4.74 Å². The number of rotatable bonds is 7. The molecule has 0 saturated carbocycles. The van der Waals surface area contributed by atoms with E-state index in [9.17, 15) is 0 Å². The fraction of sp³-hybridized carbons (Fsp3) is 0.238. The third-order valence-corrected chi connectivity index (χ3v) is 3.73. The van der Waals surface area contributed by atoms with Crippen LogP contribution in [0.1, 0.15) is 28.7 Å². The summed E-state index contributed by atoms with van der Waals surface area (Å²) in [5.74, 6) is 0.894. The van der Waals surface area contributed by atoms with Gasteiger partial charge in [-0.1, -0.05) is 54.1 Å². The zero-order chi connectivity index (χ0) is 15.8. The number of hydrogen-bond donors (Lipinski definition) is 0. The van der Waals surface area contributed by atoms with Crippen molar-refractivity contribution in [2.24, 2.45) is 0 Å². The van der Waals surface area contributed by atoms with E-state index in [0.717, 1.165) is 25.0 Å². The van der Waals surface area contributed by atoms with Crippen LogP contribution >= 0.6 is 0 Å². The Bertz CT molecular complexity index is 635. The second kappa shape index (κ2) is 8.23. The van der Waals surface area contributed by atoms with Crippen LogP contribution < -0.4 is 4.74 Å². The van der Waals surface area contributed by atoms with Crippen LogP contribution in [0.4, 0.5) is 0 Å². The van der Waals surface area contributed by atoms with Crippen molar-refractivity contribution >= 4 is 6.08 Å². The molecule has 2 aromatic rings. The summed E-state index contributed by atoms with van der Waals surface area (Å²) in [6.45, 7) is 5.99. The molecule has 0 unspecified atom stereocenters. The van der Waals surface area contributed by atoms with Gasteiger partial charge in [-0.2, -0.15) is 0 Å². The molecule has 0 N–H and O–H groups in total. The molecular weight excluding hydrogens is 268 g/mol. The van der Waals surface area contributed by atoms with Gasteiger partial charge in [-0.15, -0.1) is 6.58 Å². The van der Waals surface area contributed by atoms with Gasteiger partial charge in [-0.3, -0.25) is 0 Å². The van der Waals surface area contributed by atoms with Gasteiger partial charge in [0.05, 0.1) is 7.11 Å². The zero-order valence-electron chi connectivity index (χ0n) is 13.5. The van der Waals surface area contributed by atoms with Crippen molar-refractivity contribution in [3.8, 4) is 5.75 Å². The van der Waals surface area contributed by atoms with E-state index in [0.29, 0.717) is 0 Å². The Hall–Kier alpha value is -2.28. The van der Waals surface area contributed by atoms with E-state index in [1.165, 1.54) is 22.3 Å². The molecule has 0 aliphatic heterocycles. The van der Waals surface area contributed by atoms with Crippen LogP contribution in [0.2, 0.25) is 0 Å². The van der Waals surface area contributed by atoms with Crippen LogP contribution in [-0.4, -0.2) is 7.11 Å². The predicted octanol–water partition coefficient (Wildman–Crippen LogP) is 5.38. The monoisotopic (exact) mass is 292 g/mol. The summed E-state index contributed by atoms with van der Waals surface area (Å²) in [6, 6.07) is 14.8. The van der Waals surface area contributed by atoms with Gasteiger partial charge in [-0.25, -0.2) is 0 Å². The molecule has 0 aliphatic rings. The van der Waals surface area contributed by atoms with Crippen LogP contribution in [0.25, 0.3) is 6.08 Å². The molecule has 0 bridgehead atoms. The molecule has 0 atom stereocenters. The first-order chi connectivity index (χ1) is 10.7. The second-order valence-electron chi connectivity index (χ2n) is 5.48. The summed E-state index contributed by atoms with van der Waals surface area (Å²) >= 11 is 0. The minimum atomic E-state index is 0.894. The summed E-state index contributed by atoms with van der Waals surface area (Å²) < 4.78 is 5.17.